The number of amides is 5. The van der Waals surface area contributed by atoms with Gasteiger partial charge in [0.2, 0.25) is 5.91 Å². The number of benzene rings is 2. The van der Waals surface area contributed by atoms with Gasteiger partial charge in [0.25, 0.3) is 11.8 Å². The summed E-state index contributed by atoms with van der Waals surface area (Å²) in [6.45, 7) is 0.921. The molecule has 1 aliphatic rings. The van der Waals surface area contributed by atoms with Crippen LogP contribution >= 0.6 is 0 Å². The standard InChI is InChI=1S/C21H21FN4O5/c1-21(14-4-8-16(9-5-14)31-12-17(23)27)19(29)26(20(30)25-21)11-18(28)24-10-13-2-6-15(22)7-3-13/h2-9H,10-12H2,1H3,(H2,23,27)(H,24,28)(H,25,30). The Labute approximate surface area is 177 Å². The van der Waals surface area contributed by atoms with Gasteiger partial charge in [-0.25, -0.2) is 9.18 Å². The number of urea groups is 1. The molecule has 1 atom stereocenters. The van der Waals surface area contributed by atoms with E-state index in [0.717, 1.165) is 4.90 Å². The highest BCUT2D eigenvalue weighted by molar-refractivity contribution is 6.09. The van der Waals surface area contributed by atoms with Gasteiger partial charge in [-0.1, -0.05) is 24.3 Å². The number of imide groups is 1. The number of primary amides is 1. The Hall–Kier alpha value is -3.95. The third-order valence-electron chi connectivity index (χ3n) is 4.79. The van der Waals surface area contributed by atoms with E-state index in [9.17, 15) is 23.6 Å². The monoisotopic (exact) mass is 428 g/mol. The van der Waals surface area contributed by atoms with Crippen LogP contribution in [-0.2, 0) is 26.5 Å². The van der Waals surface area contributed by atoms with E-state index in [0.29, 0.717) is 16.9 Å². The highest BCUT2D eigenvalue weighted by Gasteiger charge is 2.49. The Bertz CT molecular complexity index is 1010. The SMILES string of the molecule is CC1(c2ccc(OCC(N)=O)cc2)NC(=O)N(CC(=O)NCc2ccc(F)cc2)C1=O. The number of halogens is 1. The van der Waals surface area contributed by atoms with Crippen LogP contribution in [0, 0.1) is 5.82 Å². The molecule has 9 nitrogen and oxygen atoms in total. The molecule has 1 saturated heterocycles. The third kappa shape index (κ3) is 4.97. The van der Waals surface area contributed by atoms with Crippen LogP contribution in [0.4, 0.5) is 9.18 Å². The van der Waals surface area contributed by atoms with Crippen LogP contribution in [0.2, 0.25) is 0 Å². The van der Waals surface area contributed by atoms with E-state index in [1.54, 1.807) is 24.3 Å². The predicted molar refractivity (Wildman–Crippen MR) is 107 cm³/mol. The number of carbonyl (C=O) groups excluding carboxylic acids is 4. The first-order valence-corrected chi connectivity index (χ1v) is 9.36. The Morgan fingerprint density at radius 3 is 2.39 bits per heavy atom. The lowest BCUT2D eigenvalue weighted by Gasteiger charge is -2.22. The van der Waals surface area contributed by atoms with Crippen molar-refractivity contribution in [1.82, 2.24) is 15.5 Å². The van der Waals surface area contributed by atoms with E-state index in [4.69, 9.17) is 10.5 Å². The maximum absolute atomic E-state index is 12.9. The lowest BCUT2D eigenvalue weighted by atomic mass is 9.92. The van der Waals surface area contributed by atoms with Crippen molar-refractivity contribution in [2.24, 2.45) is 5.73 Å². The second-order valence-corrected chi connectivity index (χ2v) is 7.13. The summed E-state index contributed by atoms with van der Waals surface area (Å²) in [4.78, 5) is 49.1. The summed E-state index contributed by atoms with van der Waals surface area (Å²) >= 11 is 0. The van der Waals surface area contributed by atoms with Crippen LogP contribution < -0.4 is 21.1 Å². The molecule has 10 heteroatoms. The number of carbonyl (C=O) groups is 4. The molecule has 0 radical (unpaired) electrons. The van der Waals surface area contributed by atoms with Gasteiger partial charge in [0, 0.05) is 6.54 Å². The van der Waals surface area contributed by atoms with Crippen molar-refractivity contribution >= 4 is 23.8 Å². The molecule has 1 unspecified atom stereocenters. The molecule has 0 spiro atoms. The van der Waals surface area contributed by atoms with Crippen LogP contribution in [0.25, 0.3) is 0 Å². The van der Waals surface area contributed by atoms with Crippen LogP contribution in [0.5, 0.6) is 5.75 Å². The molecule has 0 bridgehead atoms. The fraction of sp³-hybridized carbons (Fsp3) is 0.238. The zero-order chi connectivity index (χ0) is 22.6. The molecule has 0 aromatic heterocycles. The zero-order valence-corrected chi connectivity index (χ0v) is 16.7. The van der Waals surface area contributed by atoms with E-state index in [-0.39, 0.29) is 19.0 Å². The molecule has 2 aromatic rings. The molecule has 1 heterocycles. The molecule has 31 heavy (non-hydrogen) atoms. The van der Waals surface area contributed by atoms with Crippen LogP contribution in [0.1, 0.15) is 18.1 Å². The number of hydrogen-bond donors (Lipinski definition) is 3. The Balaban J connectivity index is 1.63. The molecule has 1 fully saturated rings. The van der Waals surface area contributed by atoms with Gasteiger partial charge in [-0.3, -0.25) is 19.3 Å². The summed E-state index contributed by atoms with van der Waals surface area (Å²) < 4.78 is 18.1. The Morgan fingerprint density at radius 1 is 1.13 bits per heavy atom. The number of hydrogen-bond acceptors (Lipinski definition) is 5. The molecular formula is C21H21FN4O5. The minimum Gasteiger partial charge on any atom is -0.484 e. The normalized spacial score (nSPS) is 17.9. The second kappa shape index (κ2) is 8.82. The van der Waals surface area contributed by atoms with Crippen molar-refractivity contribution < 1.29 is 28.3 Å². The summed E-state index contributed by atoms with van der Waals surface area (Å²) in [6.07, 6.45) is 0. The number of nitrogens with two attached hydrogens (primary N) is 1. The molecule has 162 valence electrons. The van der Waals surface area contributed by atoms with Crippen LogP contribution in [-0.4, -0.2) is 41.8 Å². The first-order chi connectivity index (χ1) is 14.7. The number of nitrogens with zero attached hydrogens (tertiary/aromatic N) is 1. The van der Waals surface area contributed by atoms with Crippen molar-refractivity contribution in [3.8, 4) is 5.75 Å². The predicted octanol–water partition coefficient (Wildman–Crippen LogP) is 0.773. The highest BCUT2D eigenvalue weighted by atomic mass is 19.1. The quantitative estimate of drug-likeness (QED) is 0.535. The van der Waals surface area contributed by atoms with E-state index in [2.05, 4.69) is 10.6 Å². The fourth-order valence-electron chi connectivity index (χ4n) is 3.08. The molecular weight excluding hydrogens is 407 g/mol. The first-order valence-electron chi connectivity index (χ1n) is 9.36. The van der Waals surface area contributed by atoms with Crippen LogP contribution in [0.3, 0.4) is 0 Å². The molecule has 4 N–H and O–H groups in total. The smallest absolute Gasteiger partial charge is 0.325 e. The maximum atomic E-state index is 12.9. The van der Waals surface area contributed by atoms with Gasteiger partial charge in [0.1, 0.15) is 23.7 Å². The highest BCUT2D eigenvalue weighted by Crippen LogP contribution is 2.30. The van der Waals surface area contributed by atoms with Crippen molar-refractivity contribution in [3.05, 3.63) is 65.5 Å². The van der Waals surface area contributed by atoms with Gasteiger partial charge in [0.05, 0.1) is 0 Å². The van der Waals surface area contributed by atoms with Crippen molar-refractivity contribution in [2.75, 3.05) is 13.2 Å². The summed E-state index contributed by atoms with van der Waals surface area (Å²) in [5, 5.41) is 5.20. The third-order valence-corrected chi connectivity index (χ3v) is 4.79. The summed E-state index contributed by atoms with van der Waals surface area (Å²) in [5.74, 6) is -1.75. The minimum absolute atomic E-state index is 0.132. The molecule has 1 aliphatic heterocycles. The lowest BCUT2D eigenvalue weighted by Crippen LogP contribution is -2.43. The average molecular weight is 428 g/mol. The Kier molecular flexibility index (Phi) is 6.19. The second-order valence-electron chi connectivity index (χ2n) is 7.13. The number of nitrogens with one attached hydrogen (secondary N) is 2. The molecule has 3 rings (SSSR count). The fourth-order valence-corrected chi connectivity index (χ4v) is 3.08. The van der Waals surface area contributed by atoms with Gasteiger partial charge in [-0.15, -0.1) is 0 Å². The number of ether oxygens (including phenoxy) is 1. The van der Waals surface area contributed by atoms with E-state index in [1.165, 1.54) is 31.2 Å². The largest absolute Gasteiger partial charge is 0.484 e. The molecule has 0 saturated carbocycles. The van der Waals surface area contributed by atoms with Crippen LogP contribution in [0.15, 0.2) is 48.5 Å². The Morgan fingerprint density at radius 2 is 1.77 bits per heavy atom. The van der Waals surface area contributed by atoms with E-state index < -0.39 is 35.8 Å². The van der Waals surface area contributed by atoms with Gasteiger partial charge in [-0.2, -0.15) is 0 Å². The van der Waals surface area contributed by atoms with Gasteiger partial charge in [-0.05, 0) is 42.3 Å². The molecule has 0 aliphatic carbocycles. The summed E-state index contributed by atoms with van der Waals surface area (Å²) in [5.41, 5.74) is 4.82. The lowest BCUT2D eigenvalue weighted by molar-refractivity contribution is -0.134. The molecule has 2 aromatic carbocycles. The van der Waals surface area contributed by atoms with Crippen molar-refractivity contribution in [1.29, 1.82) is 0 Å². The molecule has 5 amide bonds. The minimum atomic E-state index is -1.36. The summed E-state index contributed by atoms with van der Waals surface area (Å²) in [6, 6.07) is 11.1. The van der Waals surface area contributed by atoms with Gasteiger partial charge >= 0.3 is 6.03 Å². The zero-order valence-electron chi connectivity index (χ0n) is 16.7. The number of rotatable bonds is 8. The van der Waals surface area contributed by atoms with E-state index in [1.807, 2.05) is 0 Å². The van der Waals surface area contributed by atoms with Gasteiger partial charge in [0.15, 0.2) is 6.61 Å². The van der Waals surface area contributed by atoms with E-state index >= 15 is 0 Å². The van der Waals surface area contributed by atoms with Crippen molar-refractivity contribution in [3.63, 3.8) is 0 Å². The average Bonchev–Trinajstić information content (AvgIpc) is 2.96. The van der Waals surface area contributed by atoms with Crippen molar-refractivity contribution in [2.45, 2.75) is 19.0 Å². The van der Waals surface area contributed by atoms with Gasteiger partial charge < -0.3 is 21.1 Å². The summed E-state index contributed by atoms with van der Waals surface area (Å²) in [7, 11) is 0. The maximum Gasteiger partial charge on any atom is 0.325 e. The first kappa shape index (κ1) is 21.8. The topological polar surface area (TPSA) is 131 Å².